The second-order valence-electron chi connectivity index (χ2n) is 7.39. The Bertz CT molecular complexity index is 999. The fourth-order valence-corrected chi connectivity index (χ4v) is 4.23. The van der Waals surface area contributed by atoms with Gasteiger partial charge in [-0.25, -0.2) is 9.78 Å². The summed E-state index contributed by atoms with van der Waals surface area (Å²) in [6, 6.07) is 1.01. The number of hydrogen-bond acceptors (Lipinski definition) is 4. The number of alkyl halides is 3. The summed E-state index contributed by atoms with van der Waals surface area (Å²) in [5.74, 6) is -0.516. The van der Waals surface area contributed by atoms with Crippen molar-refractivity contribution in [3.8, 4) is 0 Å². The molecule has 0 N–H and O–H groups in total. The summed E-state index contributed by atoms with van der Waals surface area (Å²) in [7, 11) is 0. The lowest BCUT2D eigenvalue weighted by Crippen LogP contribution is -2.47. The van der Waals surface area contributed by atoms with Gasteiger partial charge in [-0.15, -0.1) is 0 Å². The SMILES string of the molecule is CCc1cc(C(F)(F)F)c2nc(C(=O)N3CCC(N4CCOC4=O)CC3)c(Cl)n2c1. The average molecular weight is 445 g/mol. The summed E-state index contributed by atoms with van der Waals surface area (Å²) >= 11 is 6.29. The highest BCUT2D eigenvalue weighted by Gasteiger charge is 2.37. The van der Waals surface area contributed by atoms with E-state index in [-0.39, 0.29) is 28.6 Å². The van der Waals surface area contributed by atoms with E-state index in [1.165, 1.54) is 11.1 Å². The summed E-state index contributed by atoms with van der Waals surface area (Å²) in [6.07, 6.45) is -2.01. The second kappa shape index (κ2) is 7.64. The first kappa shape index (κ1) is 20.8. The fourth-order valence-electron chi connectivity index (χ4n) is 3.98. The Morgan fingerprint density at radius 3 is 2.57 bits per heavy atom. The molecule has 2 saturated heterocycles. The van der Waals surface area contributed by atoms with Gasteiger partial charge >= 0.3 is 12.3 Å². The number of halogens is 4. The molecule has 4 rings (SSSR count). The Morgan fingerprint density at radius 1 is 1.30 bits per heavy atom. The number of nitrogens with zero attached hydrogens (tertiary/aromatic N) is 4. The summed E-state index contributed by atoms with van der Waals surface area (Å²) in [5.41, 5.74) is -1.07. The second-order valence-corrected chi connectivity index (χ2v) is 7.75. The predicted molar refractivity (Wildman–Crippen MR) is 102 cm³/mol. The standard InChI is InChI=1S/C19H20ClF3N4O3/c1-2-11-9-13(19(21,22)23)16-24-14(15(20)27(16)10-11)17(28)25-5-3-12(4-6-25)26-7-8-30-18(26)29/h9-10,12H,2-8H2,1H3. The predicted octanol–water partition coefficient (Wildman–Crippen LogP) is 3.63. The Morgan fingerprint density at radius 2 is 2.00 bits per heavy atom. The van der Waals surface area contributed by atoms with E-state index >= 15 is 0 Å². The van der Waals surface area contributed by atoms with Gasteiger partial charge in [0.1, 0.15) is 11.8 Å². The molecule has 0 radical (unpaired) electrons. The van der Waals surface area contributed by atoms with E-state index in [9.17, 15) is 22.8 Å². The zero-order valence-electron chi connectivity index (χ0n) is 16.2. The summed E-state index contributed by atoms with van der Waals surface area (Å²) < 4.78 is 46.6. The van der Waals surface area contributed by atoms with E-state index in [2.05, 4.69) is 4.98 Å². The molecule has 162 valence electrons. The Kier molecular flexibility index (Phi) is 5.29. The molecule has 2 aromatic heterocycles. The van der Waals surface area contributed by atoms with Gasteiger partial charge in [-0.05, 0) is 30.9 Å². The van der Waals surface area contributed by atoms with Crippen LogP contribution in [0.1, 0.15) is 41.4 Å². The summed E-state index contributed by atoms with van der Waals surface area (Å²) in [6.45, 7) is 3.32. The van der Waals surface area contributed by atoms with E-state index in [1.807, 2.05) is 0 Å². The van der Waals surface area contributed by atoms with Gasteiger partial charge in [0.2, 0.25) is 0 Å². The number of carbonyl (C=O) groups is 2. The number of carbonyl (C=O) groups excluding carboxylic acids is 2. The third-order valence-corrected chi connectivity index (χ3v) is 5.98. The number of rotatable bonds is 3. The maximum absolute atomic E-state index is 13.5. The van der Waals surface area contributed by atoms with E-state index in [4.69, 9.17) is 16.3 Å². The Balaban J connectivity index is 1.60. The molecular formula is C19H20ClF3N4O3. The van der Waals surface area contributed by atoms with Crippen molar-refractivity contribution in [1.29, 1.82) is 0 Å². The molecule has 2 amide bonds. The van der Waals surface area contributed by atoms with Crippen LogP contribution in [0.15, 0.2) is 12.3 Å². The largest absolute Gasteiger partial charge is 0.448 e. The number of imidazole rings is 1. The molecule has 0 bridgehead atoms. The van der Waals surface area contributed by atoms with Gasteiger partial charge in [0.15, 0.2) is 11.3 Å². The maximum Gasteiger partial charge on any atom is 0.419 e. The van der Waals surface area contributed by atoms with E-state index in [1.54, 1.807) is 11.8 Å². The van der Waals surface area contributed by atoms with Crippen molar-refractivity contribution in [2.45, 2.75) is 38.4 Å². The van der Waals surface area contributed by atoms with Crippen LogP contribution < -0.4 is 0 Å². The van der Waals surface area contributed by atoms with Gasteiger partial charge in [0.25, 0.3) is 5.91 Å². The maximum atomic E-state index is 13.5. The third-order valence-electron chi connectivity index (χ3n) is 5.62. The van der Waals surface area contributed by atoms with Crippen LogP contribution in [0.2, 0.25) is 5.15 Å². The highest BCUT2D eigenvalue weighted by molar-refractivity contribution is 6.33. The minimum absolute atomic E-state index is 0.0236. The van der Waals surface area contributed by atoms with E-state index in [0.29, 0.717) is 51.1 Å². The molecular weight excluding hydrogens is 425 g/mol. The Labute approximate surface area is 175 Å². The van der Waals surface area contributed by atoms with Gasteiger partial charge in [-0.2, -0.15) is 13.2 Å². The minimum atomic E-state index is -4.62. The van der Waals surface area contributed by atoms with Gasteiger partial charge < -0.3 is 14.5 Å². The van der Waals surface area contributed by atoms with Crippen LogP contribution in [0, 0.1) is 0 Å². The van der Waals surface area contributed by atoms with Crippen molar-refractivity contribution in [2.24, 2.45) is 0 Å². The molecule has 7 nitrogen and oxygen atoms in total. The summed E-state index contributed by atoms with van der Waals surface area (Å²) in [4.78, 5) is 31.8. The number of amides is 2. The van der Waals surface area contributed by atoms with Crippen LogP contribution in [0.4, 0.5) is 18.0 Å². The smallest absolute Gasteiger partial charge is 0.419 e. The molecule has 0 atom stereocenters. The molecule has 0 aliphatic carbocycles. The highest BCUT2D eigenvalue weighted by Crippen LogP contribution is 2.35. The third kappa shape index (κ3) is 3.57. The van der Waals surface area contributed by atoms with Crippen LogP contribution in [-0.2, 0) is 17.3 Å². The number of cyclic esters (lactones) is 1. The van der Waals surface area contributed by atoms with Crippen molar-refractivity contribution < 1.29 is 27.5 Å². The van der Waals surface area contributed by atoms with Crippen molar-refractivity contribution >= 4 is 29.2 Å². The summed E-state index contributed by atoms with van der Waals surface area (Å²) in [5, 5.41) is -0.138. The molecule has 2 aliphatic rings. The number of hydrogen-bond donors (Lipinski definition) is 0. The molecule has 2 aliphatic heterocycles. The highest BCUT2D eigenvalue weighted by atomic mass is 35.5. The number of fused-ring (bicyclic) bond motifs is 1. The van der Waals surface area contributed by atoms with Crippen molar-refractivity contribution in [1.82, 2.24) is 19.2 Å². The van der Waals surface area contributed by atoms with Crippen molar-refractivity contribution in [2.75, 3.05) is 26.2 Å². The molecule has 2 aromatic rings. The number of piperidine rings is 1. The lowest BCUT2D eigenvalue weighted by molar-refractivity contribution is -0.136. The first-order chi connectivity index (χ1) is 14.2. The van der Waals surface area contributed by atoms with Crippen LogP contribution in [0.5, 0.6) is 0 Å². The van der Waals surface area contributed by atoms with Crippen molar-refractivity contribution in [3.05, 3.63) is 34.2 Å². The number of ether oxygens (including phenoxy) is 1. The topological polar surface area (TPSA) is 67.2 Å². The van der Waals surface area contributed by atoms with Gasteiger partial charge in [0.05, 0.1) is 12.1 Å². The molecule has 0 aromatic carbocycles. The lowest BCUT2D eigenvalue weighted by atomic mass is 10.0. The first-order valence-electron chi connectivity index (χ1n) is 9.71. The van der Waals surface area contributed by atoms with Crippen LogP contribution >= 0.6 is 11.6 Å². The number of aryl methyl sites for hydroxylation is 1. The van der Waals surface area contributed by atoms with Gasteiger partial charge in [-0.3, -0.25) is 9.20 Å². The minimum Gasteiger partial charge on any atom is -0.448 e. The first-order valence-corrected chi connectivity index (χ1v) is 10.1. The zero-order chi connectivity index (χ0) is 21.6. The van der Waals surface area contributed by atoms with Crippen molar-refractivity contribution in [3.63, 3.8) is 0 Å². The van der Waals surface area contributed by atoms with Crippen LogP contribution in [-0.4, -0.2) is 63.5 Å². The number of likely N-dealkylation sites (tertiary alicyclic amines) is 1. The normalized spacial score (nSPS) is 18.4. The zero-order valence-corrected chi connectivity index (χ0v) is 17.0. The van der Waals surface area contributed by atoms with Crippen LogP contribution in [0.25, 0.3) is 5.65 Å². The quantitative estimate of drug-likeness (QED) is 0.725. The molecule has 0 unspecified atom stereocenters. The molecule has 2 fully saturated rings. The number of aromatic nitrogens is 2. The molecule has 11 heteroatoms. The molecule has 4 heterocycles. The van der Waals surface area contributed by atoms with E-state index in [0.717, 1.165) is 10.5 Å². The van der Waals surface area contributed by atoms with Gasteiger partial charge in [-0.1, -0.05) is 18.5 Å². The monoisotopic (exact) mass is 444 g/mol. The average Bonchev–Trinajstić information content (AvgIpc) is 3.29. The fraction of sp³-hybridized carbons (Fsp3) is 0.526. The molecule has 0 saturated carbocycles. The number of pyridine rings is 1. The Hall–Kier alpha value is -2.49. The molecule has 30 heavy (non-hydrogen) atoms. The lowest BCUT2D eigenvalue weighted by Gasteiger charge is -2.35. The van der Waals surface area contributed by atoms with Crippen LogP contribution in [0.3, 0.4) is 0 Å². The van der Waals surface area contributed by atoms with Gasteiger partial charge in [0, 0.05) is 25.3 Å². The van der Waals surface area contributed by atoms with E-state index < -0.39 is 17.6 Å². The molecule has 0 spiro atoms.